The summed E-state index contributed by atoms with van der Waals surface area (Å²) in [4.78, 5) is 12.7. The first-order valence-corrected chi connectivity index (χ1v) is 6.05. The largest absolute Gasteiger partial charge is 0.396 e. The Labute approximate surface area is 105 Å². The molecule has 1 aromatic rings. The van der Waals surface area contributed by atoms with Crippen LogP contribution in [0.15, 0.2) is 0 Å². The van der Waals surface area contributed by atoms with Crippen molar-refractivity contribution in [2.24, 2.45) is 5.92 Å². The maximum absolute atomic E-state index is 11.2. The van der Waals surface area contributed by atoms with Gasteiger partial charge in [-0.15, -0.1) is 0 Å². The Bertz CT molecular complexity index is 463. The summed E-state index contributed by atoms with van der Waals surface area (Å²) in [7, 11) is 0. The Kier molecular flexibility index (Phi) is 3.25. The highest BCUT2D eigenvalue weighted by Gasteiger charge is 2.36. The number of nitro groups is 1. The molecule has 0 aromatic carbocycles. The highest BCUT2D eigenvalue weighted by Crippen LogP contribution is 2.37. The molecule has 1 aromatic heterocycles. The van der Waals surface area contributed by atoms with Crippen LogP contribution in [0.3, 0.4) is 0 Å². The molecule has 1 N–H and O–H groups in total. The molecule has 0 radical (unpaired) electrons. The second kappa shape index (κ2) is 4.56. The van der Waals surface area contributed by atoms with Crippen LogP contribution in [-0.2, 0) is 0 Å². The van der Waals surface area contributed by atoms with E-state index in [0.717, 1.165) is 0 Å². The van der Waals surface area contributed by atoms with Crippen LogP contribution in [-0.4, -0.2) is 39.5 Å². The first-order valence-electron chi connectivity index (χ1n) is 6.05. The van der Waals surface area contributed by atoms with E-state index in [1.165, 1.54) is 0 Å². The third-order valence-corrected chi connectivity index (χ3v) is 3.22. The van der Waals surface area contributed by atoms with E-state index in [1.54, 1.807) is 11.6 Å². The summed E-state index contributed by atoms with van der Waals surface area (Å²) in [5.74, 6) is 0.776. The van der Waals surface area contributed by atoms with Gasteiger partial charge in [-0.25, -0.2) is 4.68 Å². The minimum atomic E-state index is -0.372. The first kappa shape index (κ1) is 12.8. The first-order chi connectivity index (χ1) is 8.45. The van der Waals surface area contributed by atoms with Gasteiger partial charge in [0.05, 0.1) is 4.92 Å². The molecule has 7 heteroatoms. The molecule has 0 saturated carbocycles. The minimum absolute atomic E-state index is 0.0700. The van der Waals surface area contributed by atoms with Crippen LogP contribution in [0.2, 0.25) is 0 Å². The van der Waals surface area contributed by atoms with Gasteiger partial charge >= 0.3 is 5.69 Å². The number of hydrogen-bond donors (Lipinski definition) is 1. The SMILES string of the molecule is Cc1nn(C(C)C)c(N2CC(CO)C2)c1[N+](=O)[O-]. The lowest BCUT2D eigenvalue weighted by atomic mass is 10.0. The molecule has 1 aliphatic rings. The fourth-order valence-electron chi connectivity index (χ4n) is 2.25. The van der Waals surface area contributed by atoms with E-state index >= 15 is 0 Å². The van der Waals surface area contributed by atoms with Crippen LogP contribution in [0.1, 0.15) is 25.6 Å². The molecular weight excluding hydrogens is 236 g/mol. The highest BCUT2D eigenvalue weighted by atomic mass is 16.6. The van der Waals surface area contributed by atoms with Crippen molar-refractivity contribution in [1.82, 2.24) is 9.78 Å². The fourth-order valence-corrected chi connectivity index (χ4v) is 2.25. The number of nitrogens with zero attached hydrogens (tertiary/aromatic N) is 4. The molecule has 1 fully saturated rings. The van der Waals surface area contributed by atoms with Crippen LogP contribution in [0, 0.1) is 23.0 Å². The van der Waals surface area contributed by atoms with Crippen molar-refractivity contribution >= 4 is 11.5 Å². The number of anilines is 1. The second-order valence-electron chi connectivity index (χ2n) is 5.01. The summed E-state index contributed by atoms with van der Waals surface area (Å²) in [6.45, 7) is 6.97. The van der Waals surface area contributed by atoms with Crippen LogP contribution in [0.5, 0.6) is 0 Å². The van der Waals surface area contributed by atoms with Crippen LogP contribution >= 0.6 is 0 Å². The van der Waals surface area contributed by atoms with Crippen molar-refractivity contribution < 1.29 is 10.0 Å². The Balaban J connectivity index is 2.40. The van der Waals surface area contributed by atoms with Gasteiger partial charge in [0.15, 0.2) is 0 Å². The average Bonchev–Trinajstić information content (AvgIpc) is 2.54. The van der Waals surface area contributed by atoms with Gasteiger partial charge in [-0.05, 0) is 20.8 Å². The molecule has 7 nitrogen and oxygen atoms in total. The zero-order chi connectivity index (χ0) is 13.4. The van der Waals surface area contributed by atoms with Gasteiger partial charge in [-0.1, -0.05) is 0 Å². The van der Waals surface area contributed by atoms with Gasteiger partial charge in [0.2, 0.25) is 5.82 Å². The molecule has 1 saturated heterocycles. The molecule has 0 amide bonds. The number of aryl methyl sites for hydroxylation is 1. The Morgan fingerprint density at radius 1 is 1.56 bits per heavy atom. The molecule has 0 atom stereocenters. The smallest absolute Gasteiger partial charge is 0.333 e. The minimum Gasteiger partial charge on any atom is -0.396 e. The fraction of sp³-hybridized carbons (Fsp3) is 0.727. The van der Waals surface area contributed by atoms with Crippen molar-refractivity contribution in [2.75, 3.05) is 24.6 Å². The lowest BCUT2D eigenvalue weighted by Gasteiger charge is -2.39. The molecule has 2 rings (SSSR count). The molecule has 0 bridgehead atoms. The Morgan fingerprint density at radius 3 is 2.61 bits per heavy atom. The summed E-state index contributed by atoms with van der Waals surface area (Å²) in [5, 5.41) is 24.4. The lowest BCUT2D eigenvalue weighted by molar-refractivity contribution is -0.384. The van der Waals surface area contributed by atoms with Crippen molar-refractivity contribution in [3.63, 3.8) is 0 Å². The molecule has 0 aliphatic carbocycles. The summed E-state index contributed by atoms with van der Waals surface area (Å²) in [6, 6.07) is 0.0700. The molecule has 0 unspecified atom stereocenters. The standard InChI is InChI=1S/C11H18N4O3/c1-7(2)14-11(13-4-9(5-13)6-16)10(15(17)18)8(3)12-14/h7,9,16H,4-6H2,1-3H3. The quantitative estimate of drug-likeness (QED) is 0.642. The second-order valence-corrected chi connectivity index (χ2v) is 5.01. The number of aliphatic hydroxyl groups is 1. The number of aliphatic hydroxyl groups excluding tert-OH is 1. The zero-order valence-electron chi connectivity index (χ0n) is 10.8. The van der Waals surface area contributed by atoms with Crippen molar-refractivity contribution in [1.29, 1.82) is 0 Å². The highest BCUT2D eigenvalue weighted by molar-refractivity contribution is 5.63. The predicted molar refractivity (Wildman–Crippen MR) is 66.8 cm³/mol. The number of hydrogen-bond acceptors (Lipinski definition) is 5. The monoisotopic (exact) mass is 254 g/mol. The maximum atomic E-state index is 11.2. The van der Waals surface area contributed by atoms with E-state index in [1.807, 2.05) is 18.7 Å². The number of rotatable bonds is 4. The molecule has 0 spiro atoms. The maximum Gasteiger partial charge on any atom is 0.333 e. The summed E-state index contributed by atoms with van der Waals surface area (Å²) in [5.41, 5.74) is 0.524. The van der Waals surface area contributed by atoms with Gasteiger partial charge in [0.25, 0.3) is 0 Å². The zero-order valence-corrected chi connectivity index (χ0v) is 10.8. The van der Waals surface area contributed by atoms with E-state index in [9.17, 15) is 10.1 Å². The van der Waals surface area contributed by atoms with Crippen LogP contribution in [0.4, 0.5) is 11.5 Å². The predicted octanol–water partition coefficient (Wildman–Crippen LogP) is 1.11. The Morgan fingerprint density at radius 2 is 2.17 bits per heavy atom. The number of aromatic nitrogens is 2. The van der Waals surface area contributed by atoms with Gasteiger partial charge in [-0.2, -0.15) is 5.10 Å². The topological polar surface area (TPSA) is 84.4 Å². The third kappa shape index (κ3) is 1.94. The van der Waals surface area contributed by atoms with Crippen LogP contribution < -0.4 is 4.90 Å². The molecular formula is C11H18N4O3. The van der Waals surface area contributed by atoms with E-state index in [2.05, 4.69) is 5.10 Å². The summed E-state index contributed by atoms with van der Waals surface area (Å²) < 4.78 is 1.70. The third-order valence-electron chi connectivity index (χ3n) is 3.22. The average molecular weight is 254 g/mol. The van der Waals surface area contributed by atoms with E-state index < -0.39 is 0 Å². The van der Waals surface area contributed by atoms with E-state index in [-0.39, 0.29) is 29.2 Å². The summed E-state index contributed by atoms with van der Waals surface area (Å²) in [6.07, 6.45) is 0. The van der Waals surface area contributed by atoms with E-state index in [0.29, 0.717) is 24.6 Å². The van der Waals surface area contributed by atoms with Gasteiger partial charge in [0, 0.05) is 31.7 Å². The molecule has 18 heavy (non-hydrogen) atoms. The van der Waals surface area contributed by atoms with Crippen molar-refractivity contribution in [3.8, 4) is 0 Å². The molecule has 100 valence electrons. The van der Waals surface area contributed by atoms with Gasteiger partial charge in [0.1, 0.15) is 5.69 Å². The molecule has 2 heterocycles. The van der Waals surface area contributed by atoms with Gasteiger partial charge < -0.3 is 10.0 Å². The van der Waals surface area contributed by atoms with Crippen LogP contribution in [0.25, 0.3) is 0 Å². The van der Waals surface area contributed by atoms with Crippen molar-refractivity contribution in [2.45, 2.75) is 26.8 Å². The normalized spacial score (nSPS) is 16.2. The van der Waals surface area contributed by atoms with Gasteiger partial charge in [-0.3, -0.25) is 10.1 Å². The van der Waals surface area contributed by atoms with Crippen molar-refractivity contribution in [3.05, 3.63) is 15.8 Å². The van der Waals surface area contributed by atoms with E-state index in [4.69, 9.17) is 5.11 Å². The Hall–Kier alpha value is -1.63. The summed E-state index contributed by atoms with van der Waals surface area (Å²) >= 11 is 0. The molecule has 1 aliphatic heterocycles. The lowest BCUT2D eigenvalue weighted by Crippen LogP contribution is -2.49.